The summed E-state index contributed by atoms with van der Waals surface area (Å²) in [6.07, 6.45) is 4.52. The van der Waals surface area contributed by atoms with Gasteiger partial charge in [0.15, 0.2) is 0 Å². The van der Waals surface area contributed by atoms with Crippen LogP contribution < -0.4 is 10.6 Å². The molecule has 4 nitrogen and oxygen atoms in total. The van der Waals surface area contributed by atoms with E-state index in [4.69, 9.17) is 0 Å². The minimum Gasteiger partial charge on any atom is -0.352 e. The van der Waals surface area contributed by atoms with Gasteiger partial charge in [0.1, 0.15) is 0 Å². The standard InChI is InChI=1S/C13H25N3O/c1-2-16-8-4-6-12(10-16)15-13(17)11-5-3-7-14-9-11/h11-12,14H,2-10H2,1H3,(H,15,17). The SMILES string of the molecule is CCN1CCCC(NC(=O)C2CCCNC2)C1. The highest BCUT2D eigenvalue weighted by Gasteiger charge is 2.25. The molecule has 0 aliphatic carbocycles. The van der Waals surface area contributed by atoms with Crippen LogP contribution in [-0.2, 0) is 4.79 Å². The van der Waals surface area contributed by atoms with E-state index in [2.05, 4.69) is 22.5 Å². The molecule has 1 amide bonds. The van der Waals surface area contributed by atoms with Crippen molar-refractivity contribution < 1.29 is 4.79 Å². The number of likely N-dealkylation sites (N-methyl/N-ethyl adjacent to an activating group) is 1. The van der Waals surface area contributed by atoms with E-state index in [1.54, 1.807) is 0 Å². The van der Waals surface area contributed by atoms with Crippen LogP contribution in [0.5, 0.6) is 0 Å². The number of nitrogens with zero attached hydrogens (tertiary/aromatic N) is 1. The molecule has 98 valence electrons. The number of carbonyl (C=O) groups is 1. The van der Waals surface area contributed by atoms with Crippen molar-refractivity contribution in [2.75, 3.05) is 32.7 Å². The summed E-state index contributed by atoms with van der Waals surface area (Å²) in [5, 5.41) is 6.53. The van der Waals surface area contributed by atoms with E-state index in [1.807, 2.05) is 0 Å². The molecule has 4 heteroatoms. The molecule has 2 aliphatic rings. The quantitative estimate of drug-likeness (QED) is 0.757. The number of carbonyl (C=O) groups excluding carboxylic acids is 1. The van der Waals surface area contributed by atoms with Crippen molar-refractivity contribution in [3.05, 3.63) is 0 Å². The number of hydrogen-bond acceptors (Lipinski definition) is 3. The average Bonchev–Trinajstić information content (AvgIpc) is 2.40. The lowest BCUT2D eigenvalue weighted by atomic mass is 9.97. The first-order valence-corrected chi connectivity index (χ1v) is 7.03. The molecule has 2 aliphatic heterocycles. The predicted octanol–water partition coefficient (Wildman–Crippen LogP) is 0.587. The van der Waals surface area contributed by atoms with Crippen LogP contribution in [0.15, 0.2) is 0 Å². The Balaban J connectivity index is 1.77. The summed E-state index contributed by atoms with van der Waals surface area (Å²) in [6.45, 7) is 7.43. The Morgan fingerprint density at radius 3 is 3.00 bits per heavy atom. The van der Waals surface area contributed by atoms with Gasteiger partial charge in [0.05, 0.1) is 5.92 Å². The summed E-state index contributed by atoms with van der Waals surface area (Å²) in [4.78, 5) is 14.5. The molecule has 0 radical (unpaired) electrons. The van der Waals surface area contributed by atoms with Crippen LogP contribution in [0.2, 0.25) is 0 Å². The topological polar surface area (TPSA) is 44.4 Å². The highest BCUT2D eigenvalue weighted by atomic mass is 16.2. The number of piperidine rings is 2. The molecule has 0 aromatic rings. The normalized spacial score (nSPS) is 31.1. The second-order valence-electron chi connectivity index (χ2n) is 5.28. The molecule has 0 aromatic heterocycles. The Morgan fingerprint density at radius 2 is 2.29 bits per heavy atom. The van der Waals surface area contributed by atoms with Crippen molar-refractivity contribution in [3.8, 4) is 0 Å². The Hall–Kier alpha value is -0.610. The van der Waals surface area contributed by atoms with Crippen LogP contribution in [-0.4, -0.2) is 49.6 Å². The van der Waals surface area contributed by atoms with Gasteiger partial charge in [-0.3, -0.25) is 4.79 Å². The molecular formula is C13H25N3O. The molecule has 2 unspecified atom stereocenters. The molecule has 17 heavy (non-hydrogen) atoms. The molecule has 2 rings (SSSR count). The van der Waals surface area contributed by atoms with Crippen molar-refractivity contribution >= 4 is 5.91 Å². The molecule has 2 saturated heterocycles. The molecule has 2 fully saturated rings. The molecule has 2 N–H and O–H groups in total. The minimum absolute atomic E-state index is 0.195. The van der Waals surface area contributed by atoms with Gasteiger partial charge in [0.2, 0.25) is 5.91 Å². The summed E-state index contributed by atoms with van der Waals surface area (Å²) >= 11 is 0. The smallest absolute Gasteiger partial charge is 0.224 e. The van der Waals surface area contributed by atoms with Gasteiger partial charge >= 0.3 is 0 Å². The van der Waals surface area contributed by atoms with Crippen molar-refractivity contribution in [2.24, 2.45) is 5.92 Å². The monoisotopic (exact) mass is 239 g/mol. The Bertz CT molecular complexity index is 251. The van der Waals surface area contributed by atoms with Crippen LogP contribution in [0.4, 0.5) is 0 Å². The van der Waals surface area contributed by atoms with Crippen LogP contribution in [0.3, 0.4) is 0 Å². The first-order chi connectivity index (χ1) is 8.29. The van der Waals surface area contributed by atoms with Crippen LogP contribution in [0.1, 0.15) is 32.6 Å². The predicted molar refractivity (Wildman–Crippen MR) is 68.9 cm³/mol. The maximum atomic E-state index is 12.1. The zero-order valence-corrected chi connectivity index (χ0v) is 10.9. The number of hydrogen-bond donors (Lipinski definition) is 2. The van der Waals surface area contributed by atoms with Gasteiger partial charge in [0, 0.05) is 19.1 Å². The summed E-state index contributed by atoms with van der Waals surface area (Å²) in [5.74, 6) is 0.459. The van der Waals surface area contributed by atoms with Gasteiger partial charge in [-0.2, -0.15) is 0 Å². The highest BCUT2D eigenvalue weighted by Crippen LogP contribution is 2.13. The number of likely N-dealkylation sites (tertiary alicyclic amines) is 1. The van der Waals surface area contributed by atoms with E-state index < -0.39 is 0 Å². The van der Waals surface area contributed by atoms with Gasteiger partial charge in [-0.25, -0.2) is 0 Å². The average molecular weight is 239 g/mol. The van der Waals surface area contributed by atoms with E-state index in [1.165, 1.54) is 13.0 Å². The van der Waals surface area contributed by atoms with Crippen LogP contribution >= 0.6 is 0 Å². The van der Waals surface area contributed by atoms with E-state index >= 15 is 0 Å². The Morgan fingerprint density at radius 1 is 1.41 bits per heavy atom. The number of nitrogens with one attached hydrogen (secondary N) is 2. The third-order valence-corrected chi connectivity index (χ3v) is 3.97. The van der Waals surface area contributed by atoms with Crippen molar-refractivity contribution in [1.82, 2.24) is 15.5 Å². The molecule has 0 saturated carbocycles. The van der Waals surface area contributed by atoms with E-state index in [9.17, 15) is 4.79 Å². The molecule has 0 spiro atoms. The van der Waals surface area contributed by atoms with E-state index in [0.717, 1.165) is 45.4 Å². The van der Waals surface area contributed by atoms with E-state index in [-0.39, 0.29) is 11.8 Å². The second-order valence-corrected chi connectivity index (χ2v) is 5.28. The number of rotatable bonds is 3. The lowest BCUT2D eigenvalue weighted by Gasteiger charge is -2.33. The van der Waals surface area contributed by atoms with Gasteiger partial charge in [0.25, 0.3) is 0 Å². The number of amides is 1. The zero-order valence-electron chi connectivity index (χ0n) is 10.9. The van der Waals surface area contributed by atoms with Crippen LogP contribution in [0.25, 0.3) is 0 Å². The van der Waals surface area contributed by atoms with Gasteiger partial charge in [-0.05, 0) is 45.3 Å². The fourth-order valence-corrected chi connectivity index (χ4v) is 2.86. The van der Waals surface area contributed by atoms with Crippen molar-refractivity contribution in [1.29, 1.82) is 0 Å². The van der Waals surface area contributed by atoms with E-state index in [0.29, 0.717) is 6.04 Å². The largest absolute Gasteiger partial charge is 0.352 e. The molecular weight excluding hydrogens is 214 g/mol. The minimum atomic E-state index is 0.195. The molecule has 0 bridgehead atoms. The van der Waals surface area contributed by atoms with Crippen molar-refractivity contribution in [2.45, 2.75) is 38.6 Å². The third kappa shape index (κ3) is 3.68. The van der Waals surface area contributed by atoms with Gasteiger partial charge in [-0.1, -0.05) is 6.92 Å². The van der Waals surface area contributed by atoms with Gasteiger partial charge < -0.3 is 15.5 Å². The second kappa shape index (κ2) is 6.36. The lowest BCUT2D eigenvalue weighted by Crippen LogP contribution is -2.50. The maximum Gasteiger partial charge on any atom is 0.224 e. The van der Waals surface area contributed by atoms with Crippen molar-refractivity contribution in [3.63, 3.8) is 0 Å². The lowest BCUT2D eigenvalue weighted by molar-refractivity contribution is -0.126. The summed E-state index contributed by atoms with van der Waals surface area (Å²) in [6, 6.07) is 0.373. The third-order valence-electron chi connectivity index (χ3n) is 3.97. The van der Waals surface area contributed by atoms with Gasteiger partial charge in [-0.15, -0.1) is 0 Å². The fraction of sp³-hybridized carbons (Fsp3) is 0.923. The first kappa shape index (κ1) is 12.8. The molecule has 2 heterocycles. The Labute approximate surface area is 104 Å². The molecule has 0 aromatic carbocycles. The summed E-state index contributed by atoms with van der Waals surface area (Å²) in [5.41, 5.74) is 0. The fourth-order valence-electron chi connectivity index (χ4n) is 2.86. The zero-order chi connectivity index (χ0) is 12.1. The summed E-state index contributed by atoms with van der Waals surface area (Å²) < 4.78 is 0. The highest BCUT2D eigenvalue weighted by molar-refractivity contribution is 5.79. The summed E-state index contributed by atoms with van der Waals surface area (Å²) in [7, 11) is 0. The van der Waals surface area contributed by atoms with Crippen LogP contribution in [0, 0.1) is 5.92 Å². The molecule has 2 atom stereocenters. The maximum absolute atomic E-state index is 12.1. The Kier molecular flexibility index (Phi) is 4.80. The first-order valence-electron chi connectivity index (χ1n) is 7.03.